The van der Waals surface area contributed by atoms with Crippen LogP contribution in [0.15, 0.2) is 42.5 Å². The third-order valence-corrected chi connectivity index (χ3v) is 5.23. The molecule has 1 saturated heterocycles. The molecule has 7 heteroatoms. The molecule has 0 unspecified atom stereocenters. The molecule has 158 valence electrons. The zero-order valence-corrected chi connectivity index (χ0v) is 17.2. The van der Waals surface area contributed by atoms with Crippen LogP contribution in [0.2, 0.25) is 0 Å². The van der Waals surface area contributed by atoms with Gasteiger partial charge in [-0.2, -0.15) is 0 Å². The number of hydrogen-bond donors (Lipinski definition) is 2. The Labute approximate surface area is 175 Å². The van der Waals surface area contributed by atoms with Gasteiger partial charge >= 0.3 is 11.9 Å². The van der Waals surface area contributed by atoms with Crippen LogP contribution in [0.25, 0.3) is 0 Å². The van der Waals surface area contributed by atoms with Crippen LogP contribution in [-0.4, -0.2) is 42.6 Å². The van der Waals surface area contributed by atoms with Crippen molar-refractivity contribution in [3.8, 4) is 0 Å². The quantitative estimate of drug-likeness (QED) is 0.705. The van der Waals surface area contributed by atoms with E-state index in [1.807, 2.05) is 13.0 Å². The number of amides is 1. The average Bonchev–Trinajstić information content (AvgIpc) is 2.74. The fourth-order valence-corrected chi connectivity index (χ4v) is 3.64. The number of rotatable bonds is 6. The van der Waals surface area contributed by atoms with E-state index in [9.17, 15) is 19.5 Å². The van der Waals surface area contributed by atoms with E-state index in [1.54, 1.807) is 31.2 Å². The minimum absolute atomic E-state index is 0.0969. The number of hydrogen-bond acceptors (Lipinski definition) is 5. The lowest BCUT2D eigenvalue weighted by molar-refractivity contribution is -0.148. The Morgan fingerprint density at radius 3 is 2.47 bits per heavy atom. The van der Waals surface area contributed by atoms with Gasteiger partial charge in [-0.15, -0.1) is 0 Å². The number of ether oxygens (including phenoxy) is 1. The second-order valence-corrected chi connectivity index (χ2v) is 7.37. The summed E-state index contributed by atoms with van der Waals surface area (Å²) in [6.07, 6.45) is 1.29. The summed E-state index contributed by atoms with van der Waals surface area (Å²) in [5.74, 6) is -1.67. The molecule has 1 amide bonds. The van der Waals surface area contributed by atoms with Crippen LogP contribution in [0.5, 0.6) is 0 Å². The molecular formula is C23H26N2O5. The molecule has 0 aromatic heterocycles. The molecule has 0 spiro atoms. The van der Waals surface area contributed by atoms with Gasteiger partial charge in [0.15, 0.2) is 0 Å². The van der Waals surface area contributed by atoms with E-state index in [1.165, 1.54) is 12.1 Å². The van der Waals surface area contributed by atoms with E-state index < -0.39 is 5.97 Å². The van der Waals surface area contributed by atoms with Gasteiger partial charge in [-0.05, 0) is 57.0 Å². The van der Waals surface area contributed by atoms with Crippen LogP contribution in [-0.2, 0) is 9.53 Å². The number of carboxylic acids is 1. The molecule has 0 aliphatic carbocycles. The van der Waals surface area contributed by atoms with Crippen molar-refractivity contribution >= 4 is 29.2 Å². The summed E-state index contributed by atoms with van der Waals surface area (Å²) in [4.78, 5) is 38.3. The van der Waals surface area contributed by atoms with Crippen LogP contribution in [0.1, 0.15) is 46.0 Å². The average molecular weight is 410 g/mol. The fraction of sp³-hybridized carbons (Fsp3) is 0.348. The molecule has 3 rings (SSSR count). The van der Waals surface area contributed by atoms with Crippen molar-refractivity contribution in [3.63, 3.8) is 0 Å². The molecule has 1 aliphatic rings. The molecule has 7 nitrogen and oxygen atoms in total. The van der Waals surface area contributed by atoms with Crippen molar-refractivity contribution in [2.45, 2.75) is 26.7 Å². The molecule has 0 saturated carbocycles. The van der Waals surface area contributed by atoms with Crippen molar-refractivity contribution in [3.05, 3.63) is 59.2 Å². The van der Waals surface area contributed by atoms with E-state index in [4.69, 9.17) is 4.74 Å². The third kappa shape index (κ3) is 4.97. The molecule has 1 fully saturated rings. The molecule has 30 heavy (non-hydrogen) atoms. The Hall–Kier alpha value is -3.35. The zero-order valence-electron chi connectivity index (χ0n) is 17.2. The summed E-state index contributed by atoms with van der Waals surface area (Å²) < 4.78 is 5.12. The van der Waals surface area contributed by atoms with E-state index in [2.05, 4.69) is 10.2 Å². The zero-order chi connectivity index (χ0) is 21.7. The Morgan fingerprint density at radius 1 is 1.10 bits per heavy atom. The number of benzene rings is 2. The van der Waals surface area contributed by atoms with Gasteiger partial charge in [0.2, 0.25) is 0 Å². The van der Waals surface area contributed by atoms with Gasteiger partial charge in [-0.25, -0.2) is 4.79 Å². The number of nitrogens with one attached hydrogen (secondary N) is 1. The number of aryl methyl sites for hydroxylation is 1. The topological polar surface area (TPSA) is 95.9 Å². The van der Waals surface area contributed by atoms with Crippen LogP contribution >= 0.6 is 0 Å². The van der Waals surface area contributed by atoms with Gasteiger partial charge in [-0.3, -0.25) is 9.59 Å². The lowest BCUT2D eigenvalue weighted by atomic mass is 9.96. The van der Waals surface area contributed by atoms with Gasteiger partial charge in [0.25, 0.3) is 5.91 Å². The first-order valence-corrected chi connectivity index (χ1v) is 10.1. The highest BCUT2D eigenvalue weighted by atomic mass is 16.5. The lowest BCUT2D eigenvalue weighted by Crippen LogP contribution is -2.37. The molecular weight excluding hydrogens is 384 g/mol. The third-order valence-electron chi connectivity index (χ3n) is 5.23. The maximum atomic E-state index is 12.8. The highest BCUT2D eigenvalue weighted by Gasteiger charge is 2.27. The molecule has 2 N–H and O–H groups in total. The first kappa shape index (κ1) is 21.4. The fourth-order valence-electron chi connectivity index (χ4n) is 3.64. The second-order valence-electron chi connectivity index (χ2n) is 7.37. The molecule has 2 aromatic rings. The largest absolute Gasteiger partial charge is 0.478 e. The number of anilines is 2. The van der Waals surface area contributed by atoms with Gasteiger partial charge < -0.3 is 20.1 Å². The summed E-state index contributed by atoms with van der Waals surface area (Å²) >= 11 is 0. The summed E-state index contributed by atoms with van der Waals surface area (Å²) in [5.41, 5.74) is 2.74. The molecule has 0 atom stereocenters. The van der Waals surface area contributed by atoms with Crippen LogP contribution in [0, 0.1) is 12.8 Å². The monoisotopic (exact) mass is 410 g/mol. The van der Waals surface area contributed by atoms with Crippen LogP contribution in [0.4, 0.5) is 11.4 Å². The minimum atomic E-state index is -1.06. The number of piperidine rings is 1. The molecule has 2 aromatic carbocycles. The Morgan fingerprint density at radius 2 is 1.83 bits per heavy atom. The lowest BCUT2D eigenvalue weighted by Gasteiger charge is -2.34. The Kier molecular flexibility index (Phi) is 6.72. The Balaban J connectivity index is 1.82. The van der Waals surface area contributed by atoms with E-state index >= 15 is 0 Å². The molecule has 0 bridgehead atoms. The van der Waals surface area contributed by atoms with Crippen molar-refractivity contribution in [1.29, 1.82) is 0 Å². The van der Waals surface area contributed by atoms with E-state index in [0.29, 0.717) is 43.8 Å². The first-order chi connectivity index (χ1) is 14.4. The first-order valence-electron chi connectivity index (χ1n) is 10.1. The standard InChI is InChI=1S/C23H26N2O5/c1-3-30-23(29)16-9-11-25(12-10-16)20-8-7-18(22(27)28)14-19(20)24-21(26)17-6-4-5-15(2)13-17/h4-8,13-14,16H,3,9-12H2,1-2H3,(H,24,26)(H,27,28). The molecule has 0 radical (unpaired) electrons. The predicted molar refractivity (Wildman–Crippen MR) is 114 cm³/mol. The van der Waals surface area contributed by atoms with E-state index in [0.717, 1.165) is 11.3 Å². The van der Waals surface area contributed by atoms with Crippen molar-refractivity contribution in [1.82, 2.24) is 0 Å². The van der Waals surface area contributed by atoms with Crippen LogP contribution in [0.3, 0.4) is 0 Å². The summed E-state index contributed by atoms with van der Waals surface area (Å²) in [6, 6.07) is 11.9. The van der Waals surface area contributed by atoms with Crippen molar-refractivity contribution in [2.75, 3.05) is 29.9 Å². The molecule has 1 heterocycles. The number of carbonyl (C=O) groups is 3. The number of aromatic carboxylic acids is 1. The van der Waals surface area contributed by atoms with Gasteiger partial charge in [-0.1, -0.05) is 17.7 Å². The summed E-state index contributed by atoms with van der Waals surface area (Å²) in [6.45, 7) is 5.29. The minimum Gasteiger partial charge on any atom is -0.478 e. The number of carbonyl (C=O) groups excluding carboxylic acids is 2. The Bertz CT molecular complexity index is 948. The highest BCUT2D eigenvalue weighted by Crippen LogP contribution is 2.32. The van der Waals surface area contributed by atoms with Gasteiger partial charge in [0.1, 0.15) is 0 Å². The van der Waals surface area contributed by atoms with E-state index in [-0.39, 0.29) is 23.4 Å². The summed E-state index contributed by atoms with van der Waals surface area (Å²) in [7, 11) is 0. The maximum absolute atomic E-state index is 12.8. The van der Waals surface area contributed by atoms with Gasteiger partial charge in [0, 0.05) is 18.7 Å². The normalized spacial score (nSPS) is 14.3. The molecule has 1 aliphatic heterocycles. The second kappa shape index (κ2) is 9.43. The van der Waals surface area contributed by atoms with Crippen molar-refractivity contribution < 1.29 is 24.2 Å². The van der Waals surface area contributed by atoms with Gasteiger partial charge in [0.05, 0.1) is 29.5 Å². The number of nitrogens with zero attached hydrogens (tertiary/aromatic N) is 1. The van der Waals surface area contributed by atoms with Crippen LogP contribution < -0.4 is 10.2 Å². The maximum Gasteiger partial charge on any atom is 0.335 e. The number of esters is 1. The SMILES string of the molecule is CCOC(=O)C1CCN(c2ccc(C(=O)O)cc2NC(=O)c2cccc(C)c2)CC1. The number of carboxylic acid groups (broad SMARTS) is 1. The van der Waals surface area contributed by atoms with Crippen molar-refractivity contribution in [2.24, 2.45) is 5.92 Å². The summed E-state index contributed by atoms with van der Waals surface area (Å²) in [5, 5.41) is 12.2. The highest BCUT2D eigenvalue weighted by molar-refractivity contribution is 6.06. The smallest absolute Gasteiger partial charge is 0.335 e. The predicted octanol–water partition coefficient (Wildman–Crippen LogP) is 3.73.